The highest BCUT2D eigenvalue weighted by Crippen LogP contribution is 2.32. The molecule has 0 spiro atoms. The predicted molar refractivity (Wildman–Crippen MR) is 115 cm³/mol. The molecule has 4 N–H and O–H groups in total. The van der Waals surface area contributed by atoms with E-state index in [-0.39, 0.29) is 11.6 Å². The molecule has 8 heteroatoms. The number of pyridine rings is 2. The molecule has 1 atom stereocenters. The highest BCUT2D eigenvalue weighted by molar-refractivity contribution is 6.39. The van der Waals surface area contributed by atoms with E-state index in [2.05, 4.69) is 15.3 Å². The summed E-state index contributed by atoms with van der Waals surface area (Å²) in [4.78, 5) is 45.9. The van der Waals surface area contributed by atoms with E-state index in [1.54, 1.807) is 30.2 Å². The van der Waals surface area contributed by atoms with E-state index in [0.717, 1.165) is 35.8 Å². The number of piperidine rings is 1. The van der Waals surface area contributed by atoms with Crippen molar-refractivity contribution in [2.75, 3.05) is 17.6 Å². The molecule has 3 heterocycles. The highest BCUT2D eigenvalue weighted by atomic mass is 16.2. The van der Waals surface area contributed by atoms with Gasteiger partial charge in [-0.25, -0.2) is 4.98 Å². The summed E-state index contributed by atoms with van der Waals surface area (Å²) in [6.45, 7) is 2.29. The second kappa shape index (κ2) is 7.98. The van der Waals surface area contributed by atoms with Gasteiger partial charge in [0.25, 0.3) is 5.56 Å². The number of anilines is 2. The van der Waals surface area contributed by atoms with Crippen LogP contribution in [0.25, 0.3) is 10.8 Å². The average molecular weight is 405 g/mol. The normalized spacial score (nSPS) is 16.4. The zero-order chi connectivity index (χ0) is 21.3. The van der Waals surface area contributed by atoms with Gasteiger partial charge < -0.3 is 20.9 Å². The molecule has 1 fully saturated rings. The van der Waals surface area contributed by atoms with Crippen molar-refractivity contribution in [3.63, 3.8) is 0 Å². The summed E-state index contributed by atoms with van der Waals surface area (Å²) in [6, 6.07) is 8.85. The Labute approximate surface area is 173 Å². The Hall–Kier alpha value is -3.68. The van der Waals surface area contributed by atoms with Crippen molar-refractivity contribution < 1.29 is 9.59 Å². The third-order valence-electron chi connectivity index (χ3n) is 5.52. The molecule has 0 radical (unpaired) electrons. The largest absolute Gasteiger partial charge is 0.383 e. The van der Waals surface area contributed by atoms with Gasteiger partial charge in [0.05, 0.1) is 17.9 Å². The van der Waals surface area contributed by atoms with Crippen molar-refractivity contribution >= 4 is 34.1 Å². The third kappa shape index (κ3) is 3.76. The van der Waals surface area contributed by atoms with E-state index in [9.17, 15) is 14.4 Å². The molecule has 0 aliphatic carbocycles. The number of hydrogen-bond acceptors (Lipinski definition) is 5. The first-order chi connectivity index (χ1) is 14.4. The van der Waals surface area contributed by atoms with Crippen LogP contribution in [0.1, 0.15) is 36.4 Å². The van der Waals surface area contributed by atoms with E-state index >= 15 is 0 Å². The number of aromatic nitrogens is 2. The molecule has 2 aromatic heterocycles. The molecule has 0 unspecified atom stereocenters. The second-order valence-corrected chi connectivity index (χ2v) is 7.54. The zero-order valence-corrected chi connectivity index (χ0v) is 16.6. The van der Waals surface area contributed by atoms with Crippen LogP contribution in [0.3, 0.4) is 0 Å². The molecule has 154 valence electrons. The lowest BCUT2D eigenvalue weighted by molar-refractivity contribution is -0.145. The predicted octanol–water partition coefficient (Wildman–Crippen LogP) is 2.51. The number of carbonyl (C=O) groups excluding carboxylic acids is 2. The number of nitrogens with two attached hydrogens (primary N) is 1. The van der Waals surface area contributed by atoms with Crippen LogP contribution in [-0.4, -0.2) is 33.2 Å². The first-order valence-corrected chi connectivity index (χ1v) is 9.89. The molecular formula is C22H23N5O3. The Balaban J connectivity index is 1.58. The van der Waals surface area contributed by atoms with Crippen molar-refractivity contribution in [3.8, 4) is 0 Å². The number of nitrogens with zero attached hydrogens (tertiary/aromatic N) is 2. The number of aromatic amines is 1. The number of fused-ring (bicyclic) bond motifs is 1. The van der Waals surface area contributed by atoms with Crippen LogP contribution in [0.2, 0.25) is 0 Å². The summed E-state index contributed by atoms with van der Waals surface area (Å²) in [5.41, 5.74) is 7.63. The van der Waals surface area contributed by atoms with Gasteiger partial charge >= 0.3 is 11.8 Å². The van der Waals surface area contributed by atoms with Gasteiger partial charge in [0, 0.05) is 18.1 Å². The summed E-state index contributed by atoms with van der Waals surface area (Å²) in [5.74, 6) is -0.907. The standard InChI is InChI=1S/C22H23N5O3/c1-13-10-16(12-25-19(13)23)26-21(29)22(30)27-9-3-2-4-18(27)15-5-6-17-14(11-15)7-8-24-20(17)28/h5-8,10-12,18H,2-4,9H2,1H3,(H2,23,25)(H,24,28)(H,26,29)/t18-/m0/s1. The number of aryl methyl sites for hydroxylation is 1. The maximum atomic E-state index is 13.0. The van der Waals surface area contributed by atoms with E-state index in [1.165, 1.54) is 6.20 Å². The Morgan fingerprint density at radius 3 is 2.87 bits per heavy atom. The zero-order valence-electron chi connectivity index (χ0n) is 16.6. The average Bonchev–Trinajstić information content (AvgIpc) is 2.75. The van der Waals surface area contributed by atoms with Crippen molar-refractivity contribution in [1.29, 1.82) is 0 Å². The Morgan fingerprint density at radius 2 is 2.07 bits per heavy atom. The van der Waals surface area contributed by atoms with Crippen LogP contribution in [0.4, 0.5) is 11.5 Å². The van der Waals surface area contributed by atoms with E-state index in [4.69, 9.17) is 5.73 Å². The van der Waals surface area contributed by atoms with Crippen molar-refractivity contribution in [3.05, 3.63) is 64.2 Å². The van der Waals surface area contributed by atoms with Crippen molar-refractivity contribution in [1.82, 2.24) is 14.9 Å². The molecule has 30 heavy (non-hydrogen) atoms. The Morgan fingerprint density at radius 1 is 1.23 bits per heavy atom. The van der Waals surface area contributed by atoms with Gasteiger partial charge in [0.2, 0.25) is 0 Å². The minimum absolute atomic E-state index is 0.151. The number of likely N-dealkylation sites (tertiary alicyclic amines) is 1. The first-order valence-electron chi connectivity index (χ1n) is 9.89. The molecule has 1 saturated heterocycles. The molecule has 1 aliphatic rings. The van der Waals surface area contributed by atoms with Gasteiger partial charge in [-0.05, 0) is 67.0 Å². The van der Waals surface area contributed by atoms with E-state index in [1.807, 2.05) is 18.2 Å². The lowest BCUT2D eigenvalue weighted by atomic mass is 9.93. The number of amides is 2. The number of hydrogen-bond donors (Lipinski definition) is 3. The van der Waals surface area contributed by atoms with Crippen LogP contribution < -0.4 is 16.6 Å². The second-order valence-electron chi connectivity index (χ2n) is 7.54. The number of H-pyrrole nitrogens is 1. The minimum Gasteiger partial charge on any atom is -0.383 e. The number of carbonyl (C=O) groups is 2. The summed E-state index contributed by atoms with van der Waals surface area (Å²) >= 11 is 0. The molecule has 0 bridgehead atoms. The molecule has 1 aliphatic heterocycles. The Kier molecular flexibility index (Phi) is 5.22. The summed E-state index contributed by atoms with van der Waals surface area (Å²) in [7, 11) is 0. The van der Waals surface area contributed by atoms with Crippen LogP contribution in [0, 0.1) is 6.92 Å². The van der Waals surface area contributed by atoms with Gasteiger partial charge in [0.15, 0.2) is 0 Å². The van der Waals surface area contributed by atoms with E-state index < -0.39 is 11.8 Å². The van der Waals surface area contributed by atoms with Gasteiger partial charge in [-0.2, -0.15) is 0 Å². The lowest BCUT2D eigenvalue weighted by Gasteiger charge is -2.35. The number of rotatable bonds is 2. The molecule has 4 rings (SSSR count). The van der Waals surface area contributed by atoms with Crippen LogP contribution >= 0.6 is 0 Å². The fraction of sp³-hybridized carbons (Fsp3) is 0.273. The van der Waals surface area contributed by atoms with Crippen molar-refractivity contribution in [2.24, 2.45) is 0 Å². The van der Waals surface area contributed by atoms with Crippen LogP contribution in [0.15, 0.2) is 47.5 Å². The molecule has 3 aromatic rings. The highest BCUT2D eigenvalue weighted by Gasteiger charge is 2.32. The van der Waals surface area contributed by atoms with Gasteiger partial charge in [-0.3, -0.25) is 14.4 Å². The van der Waals surface area contributed by atoms with E-state index in [0.29, 0.717) is 23.4 Å². The summed E-state index contributed by atoms with van der Waals surface area (Å²) < 4.78 is 0. The van der Waals surface area contributed by atoms with Crippen LogP contribution in [-0.2, 0) is 9.59 Å². The molecule has 8 nitrogen and oxygen atoms in total. The number of nitrogen functional groups attached to an aromatic ring is 1. The molecule has 0 saturated carbocycles. The van der Waals surface area contributed by atoms with Gasteiger partial charge in [-0.15, -0.1) is 0 Å². The smallest absolute Gasteiger partial charge is 0.313 e. The van der Waals surface area contributed by atoms with Gasteiger partial charge in [-0.1, -0.05) is 6.07 Å². The summed E-state index contributed by atoms with van der Waals surface area (Å²) in [5, 5.41) is 4.03. The molecular weight excluding hydrogens is 382 g/mol. The first kappa shape index (κ1) is 19.6. The lowest BCUT2D eigenvalue weighted by Crippen LogP contribution is -2.44. The topological polar surface area (TPSA) is 121 Å². The quantitative estimate of drug-likeness (QED) is 0.566. The Bertz CT molecular complexity index is 1190. The SMILES string of the molecule is Cc1cc(NC(=O)C(=O)N2CCCC[C@H]2c2ccc3c(=O)[nH]ccc3c2)cnc1N. The molecule has 1 aromatic carbocycles. The number of nitrogens with one attached hydrogen (secondary N) is 2. The fourth-order valence-electron chi connectivity index (χ4n) is 3.91. The van der Waals surface area contributed by atoms with Gasteiger partial charge in [0.1, 0.15) is 5.82 Å². The monoisotopic (exact) mass is 405 g/mol. The maximum Gasteiger partial charge on any atom is 0.313 e. The minimum atomic E-state index is -0.704. The summed E-state index contributed by atoms with van der Waals surface area (Å²) in [6.07, 6.45) is 5.60. The fourth-order valence-corrected chi connectivity index (χ4v) is 3.91. The maximum absolute atomic E-state index is 13.0. The third-order valence-corrected chi connectivity index (χ3v) is 5.52. The van der Waals surface area contributed by atoms with Crippen LogP contribution in [0.5, 0.6) is 0 Å². The van der Waals surface area contributed by atoms with Crippen molar-refractivity contribution in [2.45, 2.75) is 32.2 Å². The molecule has 2 amide bonds. The number of benzene rings is 1.